The molecule has 0 aliphatic carbocycles. The molecule has 2 heterocycles. The van der Waals surface area contributed by atoms with Gasteiger partial charge in [0.15, 0.2) is 16.6 Å². The van der Waals surface area contributed by atoms with Gasteiger partial charge in [0.2, 0.25) is 5.75 Å². The van der Waals surface area contributed by atoms with Crippen LogP contribution in [0.1, 0.15) is 38.1 Å². The Morgan fingerprint density at radius 2 is 1.58 bits per heavy atom. The molecule has 1 unspecified atom stereocenters. The van der Waals surface area contributed by atoms with E-state index in [1.54, 1.807) is 43.3 Å². The second-order valence-electron chi connectivity index (χ2n) is 9.83. The van der Waals surface area contributed by atoms with Crippen LogP contribution < -0.4 is 23.8 Å². The number of ketones is 1. The zero-order valence-corrected chi connectivity index (χ0v) is 26.0. The third-order valence-corrected chi connectivity index (χ3v) is 8.32. The number of amides is 1. The van der Waals surface area contributed by atoms with Gasteiger partial charge in [-0.05, 0) is 54.4 Å². The highest BCUT2D eigenvalue weighted by Crippen LogP contribution is 2.48. The standard InChI is InChI=1S/C33H30N2O9S/c1-18-30(32(39)43-5)45-33(34-18)35-26(21-15-23(40-2)29(42-4)24(16-21)41-3)25(28(37)31(35)38)27(36)20-11-13-22(14-12-20)44-17-19-9-7-6-8-10-19/h6-16,26,36H,17H2,1-5H3/b27-25+. The van der Waals surface area contributed by atoms with E-state index in [4.69, 9.17) is 23.7 Å². The molecule has 0 bridgehead atoms. The zero-order chi connectivity index (χ0) is 32.2. The van der Waals surface area contributed by atoms with E-state index in [0.717, 1.165) is 21.8 Å². The minimum absolute atomic E-state index is 0.0671. The number of carbonyl (C=O) groups is 3. The lowest BCUT2D eigenvalue weighted by atomic mass is 9.94. The molecule has 1 aromatic heterocycles. The second kappa shape index (κ2) is 13.1. The summed E-state index contributed by atoms with van der Waals surface area (Å²) in [4.78, 5) is 45.5. The number of rotatable bonds is 10. The molecule has 0 saturated carbocycles. The fourth-order valence-corrected chi connectivity index (χ4v) is 5.99. The van der Waals surface area contributed by atoms with E-state index in [0.29, 0.717) is 29.4 Å². The maximum absolute atomic E-state index is 13.7. The first-order valence-corrected chi connectivity index (χ1v) is 14.5. The maximum atomic E-state index is 13.7. The number of anilines is 1. The Balaban J connectivity index is 1.63. The van der Waals surface area contributed by atoms with Crippen molar-refractivity contribution >= 4 is 39.9 Å². The molecule has 4 aromatic rings. The van der Waals surface area contributed by atoms with Crippen LogP contribution in [0.5, 0.6) is 23.0 Å². The third kappa shape index (κ3) is 5.92. The van der Waals surface area contributed by atoms with Gasteiger partial charge >= 0.3 is 11.9 Å². The average Bonchev–Trinajstić information content (AvgIpc) is 3.58. The van der Waals surface area contributed by atoms with Crippen LogP contribution in [0.15, 0.2) is 72.3 Å². The van der Waals surface area contributed by atoms with E-state index < -0.39 is 29.5 Å². The molecule has 1 amide bonds. The number of aromatic nitrogens is 1. The van der Waals surface area contributed by atoms with Gasteiger partial charge in [-0.3, -0.25) is 14.5 Å². The van der Waals surface area contributed by atoms with Gasteiger partial charge < -0.3 is 28.8 Å². The number of methoxy groups -OCH3 is 4. The molecule has 1 aliphatic heterocycles. The smallest absolute Gasteiger partial charge is 0.350 e. The molecule has 11 nitrogen and oxygen atoms in total. The molecule has 45 heavy (non-hydrogen) atoms. The van der Waals surface area contributed by atoms with Crippen molar-refractivity contribution in [3.05, 3.63) is 99.6 Å². The average molecular weight is 631 g/mol. The maximum Gasteiger partial charge on any atom is 0.350 e. The highest BCUT2D eigenvalue weighted by atomic mass is 32.1. The summed E-state index contributed by atoms with van der Waals surface area (Å²) in [5, 5.41) is 11.7. The van der Waals surface area contributed by atoms with Crippen LogP contribution in [-0.2, 0) is 20.9 Å². The van der Waals surface area contributed by atoms with Gasteiger partial charge in [0.1, 0.15) is 23.0 Å². The van der Waals surface area contributed by atoms with Crippen molar-refractivity contribution in [3.8, 4) is 23.0 Å². The lowest BCUT2D eigenvalue weighted by Gasteiger charge is -2.24. The number of thiazole rings is 1. The molecular weight excluding hydrogens is 600 g/mol. The lowest BCUT2D eigenvalue weighted by molar-refractivity contribution is -0.132. The van der Waals surface area contributed by atoms with Crippen LogP contribution >= 0.6 is 11.3 Å². The van der Waals surface area contributed by atoms with E-state index in [-0.39, 0.29) is 32.6 Å². The predicted octanol–water partition coefficient (Wildman–Crippen LogP) is 5.47. The minimum Gasteiger partial charge on any atom is -0.507 e. The number of benzene rings is 3. The van der Waals surface area contributed by atoms with E-state index in [9.17, 15) is 19.5 Å². The van der Waals surface area contributed by atoms with Gasteiger partial charge in [0.25, 0.3) is 5.78 Å². The molecule has 0 spiro atoms. The van der Waals surface area contributed by atoms with Gasteiger partial charge in [-0.25, -0.2) is 9.78 Å². The van der Waals surface area contributed by atoms with Gasteiger partial charge in [-0.15, -0.1) is 0 Å². The van der Waals surface area contributed by atoms with Crippen molar-refractivity contribution in [1.29, 1.82) is 0 Å². The first-order valence-electron chi connectivity index (χ1n) is 13.7. The molecule has 232 valence electrons. The summed E-state index contributed by atoms with van der Waals surface area (Å²) in [7, 11) is 5.56. The Morgan fingerprint density at radius 3 is 2.16 bits per heavy atom. The molecule has 1 aliphatic rings. The number of hydrogen-bond acceptors (Lipinski definition) is 11. The van der Waals surface area contributed by atoms with E-state index in [1.165, 1.54) is 28.4 Å². The van der Waals surface area contributed by atoms with Gasteiger partial charge in [-0.1, -0.05) is 41.7 Å². The largest absolute Gasteiger partial charge is 0.507 e. The molecule has 0 radical (unpaired) electrons. The monoisotopic (exact) mass is 630 g/mol. The van der Waals surface area contributed by atoms with Crippen LogP contribution in [0, 0.1) is 6.92 Å². The molecule has 5 rings (SSSR count). The molecule has 1 saturated heterocycles. The zero-order valence-electron chi connectivity index (χ0n) is 25.2. The van der Waals surface area contributed by atoms with Gasteiger partial charge in [0, 0.05) is 5.56 Å². The van der Waals surface area contributed by atoms with Crippen molar-refractivity contribution in [1.82, 2.24) is 4.98 Å². The molecule has 1 fully saturated rings. The lowest BCUT2D eigenvalue weighted by Crippen LogP contribution is -2.29. The number of nitrogens with zero attached hydrogens (tertiary/aromatic N) is 2. The Kier molecular flexibility index (Phi) is 9.05. The van der Waals surface area contributed by atoms with Gasteiger partial charge in [-0.2, -0.15) is 0 Å². The Labute approximate surface area is 263 Å². The Morgan fingerprint density at radius 1 is 0.933 bits per heavy atom. The van der Waals surface area contributed by atoms with E-state index >= 15 is 0 Å². The van der Waals surface area contributed by atoms with E-state index in [2.05, 4.69) is 4.98 Å². The molecule has 1 atom stereocenters. The van der Waals surface area contributed by atoms with Crippen molar-refractivity contribution < 1.29 is 43.2 Å². The topological polar surface area (TPSA) is 134 Å². The van der Waals surface area contributed by atoms with Gasteiger partial charge in [0.05, 0.1) is 45.7 Å². The number of aliphatic hydroxyl groups excluding tert-OH is 1. The quantitative estimate of drug-likeness (QED) is 0.104. The molecule has 1 N–H and O–H groups in total. The summed E-state index contributed by atoms with van der Waals surface area (Å²) in [5.41, 5.74) is 1.75. The summed E-state index contributed by atoms with van der Waals surface area (Å²) in [6.07, 6.45) is 0. The number of aliphatic hydroxyl groups is 1. The van der Waals surface area contributed by atoms with Crippen LogP contribution in [0.2, 0.25) is 0 Å². The fourth-order valence-electron chi connectivity index (χ4n) is 4.98. The second-order valence-corrected chi connectivity index (χ2v) is 10.8. The summed E-state index contributed by atoms with van der Waals surface area (Å²) in [6.45, 7) is 1.94. The molecule has 12 heteroatoms. The minimum atomic E-state index is -1.18. The van der Waals surface area contributed by atoms with Crippen LogP contribution in [0.4, 0.5) is 5.13 Å². The van der Waals surface area contributed by atoms with Crippen molar-refractivity contribution in [2.45, 2.75) is 19.6 Å². The van der Waals surface area contributed by atoms with Crippen LogP contribution in [0.3, 0.4) is 0 Å². The molecule has 3 aromatic carbocycles. The number of hydrogen-bond donors (Lipinski definition) is 1. The first-order chi connectivity index (χ1) is 21.7. The summed E-state index contributed by atoms with van der Waals surface area (Å²) < 4.78 is 27.2. The van der Waals surface area contributed by atoms with E-state index in [1.807, 2.05) is 30.3 Å². The summed E-state index contributed by atoms with van der Waals surface area (Å²) in [5.74, 6) is -1.55. The first kappa shape index (κ1) is 31.1. The third-order valence-electron chi connectivity index (χ3n) is 7.19. The van der Waals surface area contributed by atoms with Crippen molar-refractivity contribution in [2.24, 2.45) is 0 Å². The normalized spacial score (nSPS) is 15.6. The molecular formula is C33H30N2O9S. The Bertz CT molecular complexity index is 1760. The summed E-state index contributed by atoms with van der Waals surface area (Å²) >= 11 is 0.896. The SMILES string of the molecule is COC(=O)c1sc(N2C(=O)C(=O)/C(=C(/O)c3ccc(OCc4ccccc4)cc3)C2c2cc(OC)c(OC)c(OC)c2)nc1C. The van der Waals surface area contributed by atoms with Crippen LogP contribution in [-0.4, -0.2) is 56.2 Å². The number of carbonyl (C=O) groups excluding carboxylic acids is 3. The highest BCUT2D eigenvalue weighted by Gasteiger charge is 2.49. The number of Topliss-reactive ketones (excluding diaryl/α,β-unsaturated/α-hetero) is 1. The number of aryl methyl sites for hydroxylation is 1. The number of ether oxygens (including phenoxy) is 5. The van der Waals surface area contributed by atoms with Crippen molar-refractivity contribution in [3.63, 3.8) is 0 Å². The van der Waals surface area contributed by atoms with Crippen LogP contribution in [0.25, 0.3) is 5.76 Å². The fraction of sp³-hybridized carbons (Fsp3) is 0.212. The number of esters is 1. The predicted molar refractivity (Wildman–Crippen MR) is 166 cm³/mol. The highest BCUT2D eigenvalue weighted by molar-refractivity contribution is 7.17. The summed E-state index contributed by atoms with van der Waals surface area (Å²) in [6, 6.07) is 18.2. The van der Waals surface area contributed by atoms with Crippen molar-refractivity contribution in [2.75, 3.05) is 33.3 Å². The Hall–Kier alpha value is -5.36.